The molecule has 8 heteroatoms. The number of aliphatic hydroxyl groups excluding tert-OH is 1. The van der Waals surface area contributed by atoms with Crippen molar-refractivity contribution in [1.29, 1.82) is 0 Å². The van der Waals surface area contributed by atoms with Crippen LogP contribution in [0.15, 0.2) is 12.2 Å². The number of hydrogen-bond donors (Lipinski definition) is 2. The minimum atomic E-state index is -0.179. The third kappa shape index (κ3) is 5.39. The maximum absolute atomic E-state index is 12.7. The van der Waals surface area contributed by atoms with E-state index in [9.17, 15) is 19.2 Å². The summed E-state index contributed by atoms with van der Waals surface area (Å²) in [5, 5.41) is 11.4. The topological polar surface area (TPSA) is 107 Å². The number of carbonyl (C=O) groups excluding carboxylic acids is 4. The predicted molar refractivity (Wildman–Crippen MR) is 118 cm³/mol. The van der Waals surface area contributed by atoms with E-state index in [2.05, 4.69) is 23.4 Å². The lowest BCUT2D eigenvalue weighted by atomic mass is 9.85. The fourth-order valence-electron chi connectivity index (χ4n) is 5.10. The van der Waals surface area contributed by atoms with Crippen molar-refractivity contribution < 1.29 is 24.3 Å². The number of hydrogen-bond acceptors (Lipinski definition) is 5. The number of allylic oxidation sites excluding steroid dienone is 2. The Hall–Kier alpha value is -2.66. The summed E-state index contributed by atoms with van der Waals surface area (Å²) in [6.45, 7) is 1.24. The highest BCUT2D eigenvalue weighted by molar-refractivity contribution is 6.06. The average molecular weight is 444 g/mol. The number of nitrogens with zero attached hydrogens (tertiary/aromatic N) is 2. The number of carbonyl (C=O) groups is 4. The molecule has 32 heavy (non-hydrogen) atoms. The van der Waals surface area contributed by atoms with E-state index in [1.807, 2.05) is 0 Å². The lowest BCUT2D eigenvalue weighted by molar-refractivity contribution is -0.141. The third-order valence-electron chi connectivity index (χ3n) is 6.73. The first kappa shape index (κ1) is 24.0. The Morgan fingerprint density at radius 3 is 2.41 bits per heavy atom. The molecule has 4 amide bonds. The largest absolute Gasteiger partial charge is 0.396 e. The number of terminal acetylenes is 1. The fraction of sp³-hybridized carbons (Fsp3) is 0.667. The number of imide groups is 1. The summed E-state index contributed by atoms with van der Waals surface area (Å²) in [7, 11) is 0. The van der Waals surface area contributed by atoms with Crippen molar-refractivity contribution in [3.05, 3.63) is 12.2 Å². The summed E-state index contributed by atoms with van der Waals surface area (Å²) in [5.74, 6) is 2.27. The van der Waals surface area contributed by atoms with Crippen LogP contribution in [-0.4, -0.2) is 71.3 Å². The normalized spacial score (nSPS) is 25.2. The van der Waals surface area contributed by atoms with Crippen molar-refractivity contribution in [1.82, 2.24) is 15.1 Å². The molecule has 1 heterocycles. The maximum Gasteiger partial charge on any atom is 0.233 e. The maximum atomic E-state index is 12.7. The summed E-state index contributed by atoms with van der Waals surface area (Å²) in [6.07, 6.45) is 13.5. The number of aliphatic hydroxyl groups is 1. The smallest absolute Gasteiger partial charge is 0.233 e. The summed E-state index contributed by atoms with van der Waals surface area (Å²) in [4.78, 5) is 52.6. The molecule has 0 aromatic carbocycles. The summed E-state index contributed by atoms with van der Waals surface area (Å²) in [5.41, 5.74) is 0. The zero-order valence-electron chi connectivity index (χ0n) is 18.5. The van der Waals surface area contributed by atoms with Crippen molar-refractivity contribution in [3.8, 4) is 12.3 Å². The molecule has 2 N–H and O–H groups in total. The van der Waals surface area contributed by atoms with Crippen LogP contribution >= 0.6 is 0 Å². The molecule has 2 bridgehead atoms. The van der Waals surface area contributed by atoms with Crippen molar-refractivity contribution >= 4 is 23.6 Å². The van der Waals surface area contributed by atoms with E-state index in [0.717, 1.165) is 12.8 Å². The van der Waals surface area contributed by atoms with Gasteiger partial charge in [0, 0.05) is 39.1 Å². The van der Waals surface area contributed by atoms with Crippen LogP contribution in [0, 0.1) is 36.0 Å². The quantitative estimate of drug-likeness (QED) is 0.189. The van der Waals surface area contributed by atoms with E-state index in [0.29, 0.717) is 38.8 Å². The molecule has 2 aliphatic carbocycles. The average Bonchev–Trinajstić information content (AvgIpc) is 3.46. The van der Waals surface area contributed by atoms with E-state index < -0.39 is 0 Å². The summed E-state index contributed by atoms with van der Waals surface area (Å²) in [6, 6.07) is 0. The van der Waals surface area contributed by atoms with Crippen molar-refractivity contribution in [2.45, 2.75) is 44.9 Å². The van der Waals surface area contributed by atoms with Gasteiger partial charge in [0.25, 0.3) is 0 Å². The Balaban J connectivity index is 1.34. The molecule has 3 rings (SSSR count). The number of unbranched alkanes of at least 4 members (excludes halogenated alkanes) is 2. The van der Waals surface area contributed by atoms with Gasteiger partial charge in [0.1, 0.15) is 0 Å². The highest BCUT2D eigenvalue weighted by Crippen LogP contribution is 2.52. The molecule has 0 spiro atoms. The molecule has 0 aromatic rings. The summed E-state index contributed by atoms with van der Waals surface area (Å²) < 4.78 is 0. The molecular formula is C24H33N3O5. The first-order valence-corrected chi connectivity index (χ1v) is 11.6. The van der Waals surface area contributed by atoms with E-state index in [1.54, 1.807) is 0 Å². The number of amides is 4. The SMILES string of the molecule is C#CCN(CCC(=O)NCCCO)C(=O)CCCCCN1C(=O)[C@H]2[C@@H]3C=CC(C3)[C@H]2C1=O. The molecule has 1 saturated heterocycles. The van der Waals surface area contributed by atoms with Crippen LogP contribution in [0.5, 0.6) is 0 Å². The molecule has 1 aliphatic heterocycles. The zero-order valence-corrected chi connectivity index (χ0v) is 18.5. The Morgan fingerprint density at radius 2 is 1.78 bits per heavy atom. The van der Waals surface area contributed by atoms with Gasteiger partial charge in [-0.3, -0.25) is 24.1 Å². The molecule has 0 radical (unpaired) electrons. The minimum absolute atomic E-state index is 0.0153. The minimum Gasteiger partial charge on any atom is -0.396 e. The van der Waals surface area contributed by atoms with Crippen molar-refractivity contribution in [2.75, 3.05) is 32.8 Å². The van der Waals surface area contributed by atoms with Gasteiger partial charge < -0.3 is 15.3 Å². The van der Waals surface area contributed by atoms with E-state index >= 15 is 0 Å². The van der Waals surface area contributed by atoms with E-state index in [1.165, 1.54) is 9.80 Å². The van der Waals surface area contributed by atoms with Crippen LogP contribution in [0.1, 0.15) is 44.9 Å². The van der Waals surface area contributed by atoms with Gasteiger partial charge in [-0.15, -0.1) is 6.42 Å². The molecule has 4 atom stereocenters. The Kier molecular flexibility index (Phi) is 8.46. The number of likely N-dealkylation sites (tertiary alicyclic amines) is 1. The second-order valence-electron chi connectivity index (χ2n) is 8.84. The first-order chi connectivity index (χ1) is 15.5. The first-order valence-electron chi connectivity index (χ1n) is 11.6. The number of nitrogens with one attached hydrogen (secondary N) is 1. The van der Waals surface area contributed by atoms with Crippen LogP contribution in [0.4, 0.5) is 0 Å². The fourth-order valence-corrected chi connectivity index (χ4v) is 5.10. The van der Waals surface area contributed by atoms with Crippen LogP contribution in [-0.2, 0) is 19.2 Å². The molecule has 0 aromatic heterocycles. The highest BCUT2D eigenvalue weighted by atomic mass is 16.3. The molecule has 1 saturated carbocycles. The lowest BCUT2D eigenvalue weighted by Gasteiger charge is -2.20. The molecule has 3 aliphatic rings. The van der Waals surface area contributed by atoms with Crippen LogP contribution in [0.3, 0.4) is 0 Å². The second kappa shape index (κ2) is 11.3. The lowest BCUT2D eigenvalue weighted by Crippen LogP contribution is -2.36. The Bertz CT molecular complexity index is 772. The second-order valence-corrected chi connectivity index (χ2v) is 8.84. The van der Waals surface area contributed by atoms with Crippen molar-refractivity contribution in [2.24, 2.45) is 23.7 Å². The van der Waals surface area contributed by atoms with Crippen LogP contribution in [0.25, 0.3) is 0 Å². The summed E-state index contributed by atoms with van der Waals surface area (Å²) >= 11 is 0. The predicted octanol–water partition coefficient (Wildman–Crippen LogP) is 0.704. The van der Waals surface area contributed by atoms with E-state index in [-0.39, 0.29) is 73.4 Å². The Labute approximate surface area is 189 Å². The van der Waals surface area contributed by atoms with Gasteiger partial charge in [0.05, 0.1) is 18.4 Å². The van der Waals surface area contributed by atoms with Gasteiger partial charge >= 0.3 is 0 Å². The van der Waals surface area contributed by atoms with Gasteiger partial charge in [0.2, 0.25) is 23.6 Å². The van der Waals surface area contributed by atoms with Crippen LogP contribution in [0.2, 0.25) is 0 Å². The van der Waals surface area contributed by atoms with Crippen LogP contribution < -0.4 is 5.32 Å². The van der Waals surface area contributed by atoms with E-state index in [4.69, 9.17) is 11.5 Å². The van der Waals surface area contributed by atoms with Gasteiger partial charge in [-0.1, -0.05) is 24.5 Å². The number of fused-ring (bicyclic) bond motifs is 5. The van der Waals surface area contributed by atoms with Gasteiger partial charge in [-0.25, -0.2) is 0 Å². The molecule has 1 unspecified atom stereocenters. The molecule has 2 fully saturated rings. The zero-order chi connectivity index (χ0) is 23.1. The van der Waals surface area contributed by atoms with Gasteiger partial charge in [-0.2, -0.15) is 0 Å². The Morgan fingerprint density at radius 1 is 1.09 bits per heavy atom. The highest BCUT2D eigenvalue weighted by Gasteiger charge is 2.58. The number of rotatable bonds is 13. The monoisotopic (exact) mass is 443 g/mol. The molecular weight excluding hydrogens is 410 g/mol. The van der Waals surface area contributed by atoms with Gasteiger partial charge in [-0.05, 0) is 37.5 Å². The van der Waals surface area contributed by atoms with Gasteiger partial charge in [0.15, 0.2) is 0 Å². The molecule has 8 nitrogen and oxygen atoms in total. The van der Waals surface area contributed by atoms with Crippen molar-refractivity contribution in [3.63, 3.8) is 0 Å². The third-order valence-corrected chi connectivity index (χ3v) is 6.73. The standard InChI is InChI=1S/C24H33N3O5/c1-2-12-26(14-10-19(29)25-11-6-15-28)20(30)7-4-3-5-13-27-23(31)21-17-8-9-18(16-17)22(21)24(27)32/h1,8-9,17-18,21-22,28H,3-7,10-16H2,(H,25,29)/t17-,18?,21+,22-/m1/s1. The molecule has 174 valence electrons.